The Labute approximate surface area is 204 Å². The summed E-state index contributed by atoms with van der Waals surface area (Å²) in [5, 5.41) is 3.29. The van der Waals surface area contributed by atoms with Gasteiger partial charge in [-0.25, -0.2) is 9.97 Å². The van der Waals surface area contributed by atoms with Gasteiger partial charge in [0.05, 0.1) is 18.3 Å². The molecule has 35 heavy (non-hydrogen) atoms. The Kier molecular flexibility index (Phi) is 6.72. The first-order chi connectivity index (χ1) is 17.2. The van der Waals surface area contributed by atoms with Gasteiger partial charge in [-0.15, -0.1) is 0 Å². The van der Waals surface area contributed by atoms with E-state index in [4.69, 9.17) is 15.2 Å². The number of hydrogen-bond acceptors (Lipinski definition) is 8. The minimum absolute atomic E-state index is 0.216. The van der Waals surface area contributed by atoms with Crippen molar-refractivity contribution >= 4 is 23.3 Å². The van der Waals surface area contributed by atoms with E-state index >= 15 is 0 Å². The lowest BCUT2D eigenvalue weighted by atomic mass is 10.1. The van der Waals surface area contributed by atoms with Crippen molar-refractivity contribution in [3.05, 3.63) is 79.0 Å². The van der Waals surface area contributed by atoms with E-state index in [2.05, 4.69) is 25.2 Å². The summed E-state index contributed by atoms with van der Waals surface area (Å²) in [4.78, 5) is 15.5. The molecular formula is C27H28N6O2. The number of methoxy groups -OCH3 is 1. The van der Waals surface area contributed by atoms with E-state index in [1.54, 1.807) is 13.3 Å². The molecule has 1 fully saturated rings. The number of nitrogens with two attached hydrogens (primary N) is 1. The second-order valence-corrected chi connectivity index (χ2v) is 8.41. The van der Waals surface area contributed by atoms with Crippen LogP contribution in [0.5, 0.6) is 11.5 Å². The number of ether oxygens (including phenoxy) is 2. The van der Waals surface area contributed by atoms with Crippen LogP contribution >= 0.6 is 0 Å². The first kappa shape index (κ1) is 22.6. The molecule has 8 heteroatoms. The maximum atomic E-state index is 6.10. The van der Waals surface area contributed by atoms with Crippen molar-refractivity contribution in [3.8, 4) is 22.8 Å². The maximum absolute atomic E-state index is 6.10. The molecule has 0 radical (unpaired) electrons. The molecule has 1 aliphatic heterocycles. The van der Waals surface area contributed by atoms with E-state index in [9.17, 15) is 0 Å². The number of hydrogen-bond donors (Lipinski definition) is 2. The van der Waals surface area contributed by atoms with Gasteiger partial charge in [-0.3, -0.25) is 0 Å². The molecular weight excluding hydrogens is 440 g/mol. The third-order valence-corrected chi connectivity index (χ3v) is 5.92. The molecule has 1 atom stereocenters. The highest BCUT2D eigenvalue weighted by atomic mass is 16.5. The highest BCUT2D eigenvalue weighted by Crippen LogP contribution is 2.30. The number of anilines is 4. The highest BCUT2D eigenvalue weighted by Gasteiger charge is 2.25. The van der Waals surface area contributed by atoms with E-state index in [-0.39, 0.29) is 5.95 Å². The molecule has 1 saturated heterocycles. The van der Waals surface area contributed by atoms with Crippen LogP contribution in [-0.4, -0.2) is 41.3 Å². The molecule has 178 valence electrons. The fraction of sp³-hybridized carbons (Fsp3) is 0.222. The van der Waals surface area contributed by atoms with Gasteiger partial charge in [0, 0.05) is 43.2 Å². The van der Waals surface area contributed by atoms with Crippen molar-refractivity contribution in [2.75, 3.05) is 36.2 Å². The molecule has 1 aliphatic rings. The summed E-state index contributed by atoms with van der Waals surface area (Å²) in [7, 11) is 1.74. The van der Waals surface area contributed by atoms with Crippen molar-refractivity contribution in [2.24, 2.45) is 0 Å². The molecule has 3 heterocycles. The Morgan fingerprint density at radius 2 is 1.83 bits per heavy atom. The van der Waals surface area contributed by atoms with Gasteiger partial charge in [0.2, 0.25) is 5.95 Å². The molecule has 3 N–H and O–H groups in total. The molecule has 0 bridgehead atoms. The minimum Gasteiger partial charge on any atom is -0.457 e. The molecule has 0 unspecified atom stereocenters. The molecule has 8 nitrogen and oxygen atoms in total. The topological polar surface area (TPSA) is 98.4 Å². The number of nitrogens with zero attached hydrogens (tertiary/aromatic N) is 4. The van der Waals surface area contributed by atoms with E-state index in [1.807, 2.05) is 72.8 Å². The predicted octanol–water partition coefficient (Wildman–Crippen LogP) is 5.27. The molecule has 0 aliphatic carbocycles. The van der Waals surface area contributed by atoms with Gasteiger partial charge >= 0.3 is 0 Å². The van der Waals surface area contributed by atoms with Crippen molar-refractivity contribution in [3.63, 3.8) is 0 Å². The average Bonchev–Trinajstić information content (AvgIpc) is 3.34. The molecule has 0 spiro atoms. The van der Waals surface area contributed by atoms with Crippen LogP contribution in [0.25, 0.3) is 11.3 Å². The second-order valence-electron chi connectivity index (χ2n) is 8.41. The third kappa shape index (κ3) is 5.50. The molecule has 0 amide bonds. The molecule has 2 aromatic carbocycles. The summed E-state index contributed by atoms with van der Waals surface area (Å²) in [5.74, 6) is 3.23. The Morgan fingerprint density at radius 3 is 2.63 bits per heavy atom. The smallest absolute Gasteiger partial charge is 0.222 e. The summed E-state index contributed by atoms with van der Waals surface area (Å²) in [5.41, 5.74) is 8.55. The van der Waals surface area contributed by atoms with Gasteiger partial charge in [-0.05, 0) is 43.2 Å². The van der Waals surface area contributed by atoms with Gasteiger partial charge < -0.3 is 25.4 Å². The highest BCUT2D eigenvalue weighted by molar-refractivity contribution is 5.67. The lowest BCUT2D eigenvalue weighted by Crippen LogP contribution is -2.33. The monoisotopic (exact) mass is 468 g/mol. The van der Waals surface area contributed by atoms with E-state index in [1.165, 1.54) is 0 Å². The first-order valence-corrected chi connectivity index (χ1v) is 11.6. The Hall–Kier alpha value is -4.17. The zero-order valence-corrected chi connectivity index (χ0v) is 19.6. The van der Waals surface area contributed by atoms with Crippen LogP contribution in [0.2, 0.25) is 0 Å². The quantitative estimate of drug-likeness (QED) is 0.361. The number of aromatic nitrogens is 3. The van der Waals surface area contributed by atoms with Crippen LogP contribution in [0.3, 0.4) is 0 Å². The minimum atomic E-state index is 0.216. The van der Waals surface area contributed by atoms with E-state index in [0.717, 1.165) is 53.6 Å². The van der Waals surface area contributed by atoms with Crippen molar-refractivity contribution in [1.29, 1.82) is 0 Å². The SMILES string of the molecule is COC[C@H]1CCCN1c1cc(Oc2ccc(Nc3cc(-c4ccccc4)nc(N)n3)cc2)ccn1. The van der Waals surface area contributed by atoms with Crippen LogP contribution in [-0.2, 0) is 4.74 Å². The van der Waals surface area contributed by atoms with Gasteiger partial charge in [0.15, 0.2) is 0 Å². The summed E-state index contributed by atoms with van der Waals surface area (Å²) in [6.45, 7) is 1.68. The first-order valence-electron chi connectivity index (χ1n) is 11.6. The van der Waals surface area contributed by atoms with Gasteiger partial charge in [0.1, 0.15) is 23.1 Å². The normalized spacial score (nSPS) is 15.2. The van der Waals surface area contributed by atoms with Gasteiger partial charge in [0.25, 0.3) is 0 Å². The van der Waals surface area contributed by atoms with Crippen molar-refractivity contribution in [2.45, 2.75) is 18.9 Å². The fourth-order valence-electron chi connectivity index (χ4n) is 4.30. The number of rotatable bonds is 8. The summed E-state index contributed by atoms with van der Waals surface area (Å²) in [6, 6.07) is 23.7. The lowest BCUT2D eigenvalue weighted by molar-refractivity contribution is 0.180. The van der Waals surface area contributed by atoms with Crippen molar-refractivity contribution < 1.29 is 9.47 Å². The van der Waals surface area contributed by atoms with Gasteiger partial charge in [-0.2, -0.15) is 4.98 Å². The Balaban J connectivity index is 1.27. The van der Waals surface area contributed by atoms with Crippen LogP contribution in [0.4, 0.5) is 23.3 Å². The van der Waals surface area contributed by atoms with Crippen LogP contribution in [0.1, 0.15) is 12.8 Å². The maximum Gasteiger partial charge on any atom is 0.222 e. The van der Waals surface area contributed by atoms with Crippen LogP contribution < -0.4 is 20.7 Å². The lowest BCUT2D eigenvalue weighted by Gasteiger charge is -2.25. The van der Waals surface area contributed by atoms with E-state index < -0.39 is 0 Å². The van der Waals surface area contributed by atoms with Crippen molar-refractivity contribution in [1.82, 2.24) is 15.0 Å². The zero-order valence-electron chi connectivity index (χ0n) is 19.6. The fourth-order valence-corrected chi connectivity index (χ4v) is 4.30. The average molecular weight is 469 g/mol. The molecule has 2 aromatic heterocycles. The molecule has 4 aromatic rings. The zero-order chi connectivity index (χ0) is 24.0. The molecule has 5 rings (SSSR count). The largest absolute Gasteiger partial charge is 0.457 e. The number of nitrogen functional groups attached to an aromatic ring is 1. The number of nitrogens with one attached hydrogen (secondary N) is 1. The van der Waals surface area contributed by atoms with Crippen LogP contribution in [0, 0.1) is 0 Å². The predicted molar refractivity (Wildman–Crippen MR) is 138 cm³/mol. The molecule has 0 saturated carbocycles. The second kappa shape index (κ2) is 10.4. The Morgan fingerprint density at radius 1 is 1.00 bits per heavy atom. The standard InChI is InChI=1S/C27H28N6O2/c1-34-18-21-8-5-15-33(21)26-16-23(13-14-29-26)35-22-11-9-20(10-12-22)30-25-17-24(31-27(28)32-25)19-6-3-2-4-7-19/h2-4,6-7,9-14,16-17,21H,5,8,15,18H2,1H3,(H3,28,30,31,32)/t21-/m1/s1. The van der Waals surface area contributed by atoms with E-state index in [0.29, 0.717) is 18.5 Å². The summed E-state index contributed by atoms with van der Waals surface area (Å²) >= 11 is 0. The Bertz CT molecular complexity index is 1270. The summed E-state index contributed by atoms with van der Waals surface area (Å²) < 4.78 is 11.5. The number of pyridine rings is 1. The number of benzene rings is 2. The summed E-state index contributed by atoms with van der Waals surface area (Å²) in [6.07, 6.45) is 4.03. The third-order valence-electron chi connectivity index (χ3n) is 5.92. The van der Waals surface area contributed by atoms with Crippen LogP contribution in [0.15, 0.2) is 79.0 Å². The van der Waals surface area contributed by atoms with Gasteiger partial charge in [-0.1, -0.05) is 30.3 Å².